The van der Waals surface area contributed by atoms with Gasteiger partial charge < -0.3 is 20.4 Å². The van der Waals surface area contributed by atoms with E-state index in [0.717, 1.165) is 18.1 Å². The standard InChI is InChI=1S/C20H26N6O2/c1-3-21-17-13-15(2)23-20(24-17)26-11-9-25(10-12-26)18(27)14-22-19(28)16-7-5-4-6-8-16/h4-8,13H,3,9-12,14H2,1-2H3,(H,22,28)(H,21,23,24). The third kappa shape index (κ3) is 4.97. The number of amides is 2. The Morgan fingerprint density at radius 1 is 1.07 bits per heavy atom. The number of nitrogens with zero attached hydrogens (tertiary/aromatic N) is 4. The van der Waals surface area contributed by atoms with Crippen molar-refractivity contribution in [3.05, 3.63) is 47.7 Å². The Morgan fingerprint density at radius 3 is 2.46 bits per heavy atom. The zero-order valence-corrected chi connectivity index (χ0v) is 16.3. The first kappa shape index (κ1) is 19.6. The number of piperazine rings is 1. The third-order valence-corrected chi connectivity index (χ3v) is 4.55. The van der Waals surface area contributed by atoms with Crippen LogP contribution in [0.15, 0.2) is 36.4 Å². The molecule has 0 atom stereocenters. The van der Waals surface area contributed by atoms with Crippen molar-refractivity contribution in [1.29, 1.82) is 0 Å². The lowest BCUT2D eigenvalue weighted by molar-refractivity contribution is -0.130. The molecular formula is C20H26N6O2. The molecule has 1 aliphatic rings. The van der Waals surface area contributed by atoms with E-state index in [4.69, 9.17) is 0 Å². The van der Waals surface area contributed by atoms with Crippen LogP contribution in [0.25, 0.3) is 0 Å². The zero-order valence-electron chi connectivity index (χ0n) is 16.3. The molecule has 8 heteroatoms. The van der Waals surface area contributed by atoms with Crippen molar-refractivity contribution >= 4 is 23.6 Å². The van der Waals surface area contributed by atoms with Crippen molar-refractivity contribution in [2.75, 3.05) is 49.5 Å². The first-order valence-electron chi connectivity index (χ1n) is 9.52. The minimum Gasteiger partial charge on any atom is -0.370 e. The van der Waals surface area contributed by atoms with Gasteiger partial charge in [0.15, 0.2) is 0 Å². The second-order valence-corrected chi connectivity index (χ2v) is 6.64. The summed E-state index contributed by atoms with van der Waals surface area (Å²) in [6.07, 6.45) is 0. The summed E-state index contributed by atoms with van der Waals surface area (Å²) in [6, 6.07) is 10.8. The largest absolute Gasteiger partial charge is 0.370 e. The predicted molar refractivity (Wildman–Crippen MR) is 109 cm³/mol. The second kappa shape index (κ2) is 9.16. The lowest BCUT2D eigenvalue weighted by atomic mass is 10.2. The highest BCUT2D eigenvalue weighted by Crippen LogP contribution is 2.15. The van der Waals surface area contributed by atoms with Gasteiger partial charge in [0.1, 0.15) is 5.82 Å². The summed E-state index contributed by atoms with van der Waals surface area (Å²) in [7, 11) is 0. The molecule has 1 fully saturated rings. The topological polar surface area (TPSA) is 90.5 Å². The molecule has 0 spiro atoms. The molecule has 148 valence electrons. The van der Waals surface area contributed by atoms with E-state index < -0.39 is 0 Å². The molecule has 1 aromatic carbocycles. The Bertz CT molecular complexity index is 819. The van der Waals surface area contributed by atoms with Crippen LogP contribution in [0.4, 0.5) is 11.8 Å². The Balaban J connectivity index is 1.51. The highest BCUT2D eigenvalue weighted by Gasteiger charge is 2.23. The van der Waals surface area contributed by atoms with Crippen LogP contribution in [0.1, 0.15) is 23.0 Å². The minimum atomic E-state index is -0.239. The molecule has 0 unspecified atom stereocenters. The van der Waals surface area contributed by atoms with E-state index in [-0.39, 0.29) is 18.4 Å². The molecule has 0 saturated carbocycles. The monoisotopic (exact) mass is 382 g/mol. The minimum absolute atomic E-state index is 0.000753. The Hall–Kier alpha value is -3.16. The van der Waals surface area contributed by atoms with Crippen LogP contribution in [0, 0.1) is 6.92 Å². The van der Waals surface area contributed by atoms with E-state index in [1.807, 2.05) is 26.0 Å². The fourth-order valence-electron chi connectivity index (χ4n) is 3.08. The van der Waals surface area contributed by atoms with Crippen molar-refractivity contribution in [2.24, 2.45) is 0 Å². The maximum atomic E-state index is 12.4. The van der Waals surface area contributed by atoms with Gasteiger partial charge in [-0.3, -0.25) is 9.59 Å². The maximum Gasteiger partial charge on any atom is 0.251 e. The number of rotatable bonds is 6. The maximum absolute atomic E-state index is 12.4. The molecule has 1 aromatic heterocycles. The average Bonchev–Trinajstić information content (AvgIpc) is 2.72. The van der Waals surface area contributed by atoms with Crippen LogP contribution in [0.3, 0.4) is 0 Å². The summed E-state index contributed by atoms with van der Waals surface area (Å²) >= 11 is 0. The molecular weight excluding hydrogens is 356 g/mol. The fourth-order valence-corrected chi connectivity index (χ4v) is 3.08. The molecule has 28 heavy (non-hydrogen) atoms. The molecule has 0 bridgehead atoms. The van der Waals surface area contributed by atoms with Crippen LogP contribution in [-0.2, 0) is 4.79 Å². The van der Waals surface area contributed by atoms with E-state index in [1.165, 1.54) is 0 Å². The summed E-state index contributed by atoms with van der Waals surface area (Å²) < 4.78 is 0. The Kier molecular flexibility index (Phi) is 6.41. The number of benzene rings is 1. The number of aryl methyl sites for hydroxylation is 1. The van der Waals surface area contributed by atoms with Gasteiger partial charge in [0.25, 0.3) is 5.91 Å². The predicted octanol–water partition coefficient (Wildman–Crippen LogP) is 1.30. The van der Waals surface area contributed by atoms with Gasteiger partial charge in [-0.15, -0.1) is 0 Å². The van der Waals surface area contributed by atoms with Crippen LogP contribution >= 0.6 is 0 Å². The lowest BCUT2D eigenvalue weighted by Crippen LogP contribution is -2.51. The summed E-state index contributed by atoms with van der Waals surface area (Å²) in [5, 5.41) is 5.90. The van der Waals surface area contributed by atoms with Gasteiger partial charge in [-0.05, 0) is 26.0 Å². The zero-order chi connectivity index (χ0) is 19.9. The molecule has 8 nitrogen and oxygen atoms in total. The van der Waals surface area contributed by atoms with E-state index in [9.17, 15) is 9.59 Å². The number of hydrogen-bond donors (Lipinski definition) is 2. The number of hydrogen-bond acceptors (Lipinski definition) is 6. The molecule has 2 amide bonds. The van der Waals surface area contributed by atoms with Crippen molar-refractivity contribution in [3.8, 4) is 0 Å². The van der Waals surface area contributed by atoms with Gasteiger partial charge in [0.2, 0.25) is 11.9 Å². The van der Waals surface area contributed by atoms with Gasteiger partial charge in [-0.25, -0.2) is 4.98 Å². The van der Waals surface area contributed by atoms with Gasteiger partial charge >= 0.3 is 0 Å². The molecule has 2 N–H and O–H groups in total. The van der Waals surface area contributed by atoms with E-state index in [2.05, 4.69) is 25.5 Å². The SMILES string of the molecule is CCNc1cc(C)nc(N2CCN(C(=O)CNC(=O)c3ccccc3)CC2)n1. The summed E-state index contributed by atoms with van der Waals surface area (Å²) in [6.45, 7) is 7.24. The number of nitrogens with one attached hydrogen (secondary N) is 2. The smallest absolute Gasteiger partial charge is 0.251 e. The fraction of sp³-hybridized carbons (Fsp3) is 0.400. The van der Waals surface area contributed by atoms with E-state index >= 15 is 0 Å². The number of anilines is 2. The first-order chi connectivity index (χ1) is 13.6. The summed E-state index contributed by atoms with van der Waals surface area (Å²) in [5.41, 5.74) is 1.45. The quantitative estimate of drug-likeness (QED) is 0.783. The number of carbonyl (C=O) groups is 2. The van der Waals surface area contributed by atoms with Crippen LogP contribution in [0.5, 0.6) is 0 Å². The highest BCUT2D eigenvalue weighted by molar-refractivity contribution is 5.96. The van der Waals surface area contributed by atoms with Crippen molar-refractivity contribution < 1.29 is 9.59 Å². The molecule has 0 aliphatic carbocycles. The molecule has 3 rings (SSSR count). The summed E-state index contributed by atoms with van der Waals surface area (Å²) in [5.74, 6) is 1.17. The van der Waals surface area contributed by atoms with Crippen molar-refractivity contribution in [1.82, 2.24) is 20.2 Å². The van der Waals surface area contributed by atoms with Crippen molar-refractivity contribution in [2.45, 2.75) is 13.8 Å². The van der Waals surface area contributed by atoms with Crippen LogP contribution < -0.4 is 15.5 Å². The van der Waals surface area contributed by atoms with Crippen molar-refractivity contribution in [3.63, 3.8) is 0 Å². The number of aromatic nitrogens is 2. The lowest BCUT2D eigenvalue weighted by Gasteiger charge is -2.35. The molecule has 2 heterocycles. The highest BCUT2D eigenvalue weighted by atomic mass is 16.2. The molecule has 0 radical (unpaired) electrons. The Morgan fingerprint density at radius 2 is 1.79 bits per heavy atom. The first-order valence-corrected chi connectivity index (χ1v) is 9.52. The van der Waals surface area contributed by atoms with Crippen LogP contribution in [0.2, 0.25) is 0 Å². The normalized spacial score (nSPS) is 13.9. The van der Waals surface area contributed by atoms with E-state index in [1.54, 1.807) is 29.2 Å². The van der Waals surface area contributed by atoms with Crippen LogP contribution in [-0.4, -0.2) is 66.0 Å². The van der Waals surface area contributed by atoms with Gasteiger partial charge in [0.05, 0.1) is 6.54 Å². The molecule has 1 saturated heterocycles. The van der Waals surface area contributed by atoms with E-state index in [0.29, 0.717) is 37.7 Å². The third-order valence-electron chi connectivity index (χ3n) is 4.55. The van der Waals surface area contributed by atoms with Gasteiger partial charge in [0, 0.05) is 50.0 Å². The Labute approximate surface area is 165 Å². The number of carbonyl (C=O) groups excluding carboxylic acids is 2. The average molecular weight is 382 g/mol. The van der Waals surface area contributed by atoms with Gasteiger partial charge in [-0.1, -0.05) is 18.2 Å². The second-order valence-electron chi connectivity index (χ2n) is 6.64. The van der Waals surface area contributed by atoms with Gasteiger partial charge in [-0.2, -0.15) is 4.98 Å². The molecule has 2 aromatic rings. The molecule has 1 aliphatic heterocycles. The summed E-state index contributed by atoms with van der Waals surface area (Å²) in [4.78, 5) is 37.4.